The molecule has 0 aliphatic carbocycles. The van der Waals surface area contributed by atoms with Crippen molar-refractivity contribution >= 4 is 50.5 Å². The number of anilines is 1. The standard InChI is InChI=1S/C25H18N4O3/c1-32-15-10-11-21-17(14-15)22-24(27-19-8-4-3-7-18(19)26-22)28(21)12-13-29-20-9-5-2-6-16(20)23(30)25(29)31/h2-11,14H,12-13H2,1H3. The summed E-state index contributed by atoms with van der Waals surface area (Å²) < 4.78 is 7.48. The molecule has 0 saturated carbocycles. The molecule has 6 rings (SSSR count). The van der Waals surface area contributed by atoms with Gasteiger partial charge in [-0.25, -0.2) is 9.97 Å². The number of ketones is 1. The van der Waals surface area contributed by atoms with Gasteiger partial charge in [0.05, 0.1) is 34.9 Å². The van der Waals surface area contributed by atoms with Crippen molar-refractivity contribution in [1.82, 2.24) is 14.5 Å². The Morgan fingerprint density at radius 2 is 1.62 bits per heavy atom. The van der Waals surface area contributed by atoms with Crippen molar-refractivity contribution in [2.24, 2.45) is 0 Å². The van der Waals surface area contributed by atoms with Crippen LogP contribution in [0.3, 0.4) is 0 Å². The number of nitrogens with zero attached hydrogens (tertiary/aromatic N) is 4. The summed E-state index contributed by atoms with van der Waals surface area (Å²) in [5, 5.41) is 0.932. The number of carbonyl (C=O) groups is 2. The van der Waals surface area contributed by atoms with Gasteiger partial charge in [-0.1, -0.05) is 24.3 Å². The van der Waals surface area contributed by atoms with E-state index >= 15 is 0 Å². The van der Waals surface area contributed by atoms with Gasteiger partial charge in [-0.05, 0) is 42.5 Å². The molecule has 32 heavy (non-hydrogen) atoms. The Balaban J connectivity index is 1.50. The maximum Gasteiger partial charge on any atom is 0.299 e. The van der Waals surface area contributed by atoms with Gasteiger partial charge in [-0.3, -0.25) is 9.59 Å². The van der Waals surface area contributed by atoms with Crippen LogP contribution in [0.25, 0.3) is 33.1 Å². The number of fused-ring (bicyclic) bond motifs is 5. The summed E-state index contributed by atoms with van der Waals surface area (Å²) >= 11 is 0. The maximum absolute atomic E-state index is 12.6. The number of ether oxygens (including phenoxy) is 1. The maximum atomic E-state index is 12.6. The van der Waals surface area contributed by atoms with Gasteiger partial charge >= 0.3 is 0 Å². The Labute approximate surface area is 182 Å². The molecule has 1 amide bonds. The highest BCUT2D eigenvalue weighted by Gasteiger charge is 2.35. The number of benzene rings is 3. The summed E-state index contributed by atoms with van der Waals surface area (Å²) in [7, 11) is 1.63. The van der Waals surface area contributed by atoms with E-state index in [-0.39, 0.29) is 0 Å². The lowest BCUT2D eigenvalue weighted by Gasteiger charge is -2.17. The van der Waals surface area contributed by atoms with Gasteiger partial charge in [0.25, 0.3) is 11.7 Å². The first-order valence-electron chi connectivity index (χ1n) is 10.3. The molecule has 5 aromatic rings. The minimum absolute atomic E-state index is 0.348. The molecule has 0 fully saturated rings. The van der Waals surface area contributed by atoms with Crippen LogP contribution in [0.1, 0.15) is 10.4 Å². The molecular weight excluding hydrogens is 404 g/mol. The van der Waals surface area contributed by atoms with Crippen molar-refractivity contribution in [3.63, 3.8) is 0 Å². The van der Waals surface area contributed by atoms with E-state index in [1.807, 2.05) is 54.6 Å². The van der Waals surface area contributed by atoms with E-state index in [9.17, 15) is 9.59 Å². The molecule has 0 bridgehead atoms. The fraction of sp³-hybridized carbons (Fsp3) is 0.120. The normalized spacial score (nSPS) is 13.5. The molecule has 0 atom stereocenters. The van der Waals surface area contributed by atoms with Gasteiger partial charge < -0.3 is 14.2 Å². The van der Waals surface area contributed by atoms with E-state index in [0.717, 1.165) is 38.8 Å². The third-order valence-corrected chi connectivity index (χ3v) is 5.98. The monoisotopic (exact) mass is 422 g/mol. The van der Waals surface area contributed by atoms with Crippen LogP contribution in [-0.2, 0) is 11.3 Å². The van der Waals surface area contributed by atoms with Crippen LogP contribution in [0.4, 0.5) is 5.69 Å². The SMILES string of the molecule is COc1ccc2c(c1)c1nc3ccccc3nc1n2CCN1C(=O)C(=O)c2ccccc21. The highest BCUT2D eigenvalue weighted by Crippen LogP contribution is 2.32. The Morgan fingerprint density at radius 3 is 2.44 bits per heavy atom. The van der Waals surface area contributed by atoms with Crippen LogP contribution in [-0.4, -0.2) is 39.9 Å². The molecule has 156 valence electrons. The molecular formula is C25H18N4O3. The van der Waals surface area contributed by atoms with Crippen molar-refractivity contribution < 1.29 is 14.3 Å². The number of para-hydroxylation sites is 3. The van der Waals surface area contributed by atoms with Gasteiger partial charge in [-0.15, -0.1) is 0 Å². The zero-order valence-electron chi connectivity index (χ0n) is 17.3. The van der Waals surface area contributed by atoms with E-state index in [4.69, 9.17) is 14.7 Å². The largest absolute Gasteiger partial charge is 0.497 e. The molecule has 7 nitrogen and oxygen atoms in total. The van der Waals surface area contributed by atoms with Crippen LogP contribution < -0.4 is 9.64 Å². The molecule has 2 aromatic heterocycles. The second-order valence-electron chi connectivity index (χ2n) is 7.72. The second-order valence-corrected chi connectivity index (χ2v) is 7.72. The van der Waals surface area contributed by atoms with E-state index in [2.05, 4.69) is 4.57 Å². The second kappa shape index (κ2) is 6.88. The fourth-order valence-electron chi connectivity index (χ4n) is 4.44. The number of hydrogen-bond donors (Lipinski definition) is 0. The summed E-state index contributed by atoms with van der Waals surface area (Å²) in [6.45, 7) is 0.813. The van der Waals surface area contributed by atoms with Gasteiger partial charge in [0.2, 0.25) is 0 Å². The zero-order chi connectivity index (χ0) is 21.8. The topological polar surface area (TPSA) is 77.3 Å². The third kappa shape index (κ3) is 2.61. The minimum Gasteiger partial charge on any atom is -0.497 e. The van der Waals surface area contributed by atoms with Gasteiger partial charge in [0.15, 0.2) is 5.65 Å². The van der Waals surface area contributed by atoms with E-state index < -0.39 is 11.7 Å². The van der Waals surface area contributed by atoms with Crippen LogP contribution in [0.15, 0.2) is 66.7 Å². The lowest BCUT2D eigenvalue weighted by molar-refractivity contribution is -0.114. The summed E-state index contributed by atoms with van der Waals surface area (Å²) in [6, 6.07) is 20.7. The summed E-state index contributed by atoms with van der Waals surface area (Å²) in [5.74, 6) is -0.218. The number of hydrogen-bond acceptors (Lipinski definition) is 5. The van der Waals surface area contributed by atoms with E-state index in [0.29, 0.717) is 24.3 Å². The van der Waals surface area contributed by atoms with Crippen molar-refractivity contribution in [1.29, 1.82) is 0 Å². The Kier molecular flexibility index (Phi) is 3.98. The molecule has 1 aliphatic heterocycles. The van der Waals surface area contributed by atoms with Crippen LogP contribution in [0.2, 0.25) is 0 Å². The molecule has 7 heteroatoms. The summed E-state index contributed by atoms with van der Waals surface area (Å²) in [6.07, 6.45) is 0. The fourth-order valence-corrected chi connectivity index (χ4v) is 4.44. The smallest absolute Gasteiger partial charge is 0.299 e. The molecule has 0 N–H and O–H groups in total. The number of methoxy groups -OCH3 is 1. The quantitative estimate of drug-likeness (QED) is 0.410. The first-order chi connectivity index (χ1) is 15.7. The molecule has 0 unspecified atom stereocenters. The molecule has 3 heterocycles. The highest BCUT2D eigenvalue weighted by molar-refractivity contribution is 6.52. The Hall–Kier alpha value is -4.26. The Bertz CT molecular complexity index is 1570. The highest BCUT2D eigenvalue weighted by atomic mass is 16.5. The molecule has 3 aromatic carbocycles. The first-order valence-corrected chi connectivity index (χ1v) is 10.3. The van der Waals surface area contributed by atoms with Crippen molar-refractivity contribution in [3.05, 3.63) is 72.3 Å². The van der Waals surface area contributed by atoms with Crippen LogP contribution in [0, 0.1) is 0 Å². The number of Topliss-reactive ketones (excluding diaryl/α,β-unsaturated/α-hetero) is 1. The summed E-state index contributed by atoms with van der Waals surface area (Å²) in [4.78, 5) is 36.3. The predicted octanol–water partition coefficient (Wildman–Crippen LogP) is 3.98. The zero-order valence-corrected chi connectivity index (χ0v) is 17.3. The van der Waals surface area contributed by atoms with Gasteiger partial charge in [-0.2, -0.15) is 0 Å². The van der Waals surface area contributed by atoms with E-state index in [1.165, 1.54) is 0 Å². The first kappa shape index (κ1) is 18.5. The van der Waals surface area contributed by atoms with Crippen molar-refractivity contribution in [2.75, 3.05) is 18.6 Å². The number of rotatable bonds is 4. The number of aromatic nitrogens is 3. The average molecular weight is 422 g/mol. The van der Waals surface area contributed by atoms with Crippen molar-refractivity contribution in [2.45, 2.75) is 6.54 Å². The molecule has 0 saturated heterocycles. The lowest BCUT2D eigenvalue weighted by atomic mass is 10.1. The molecule has 1 aliphatic rings. The lowest BCUT2D eigenvalue weighted by Crippen LogP contribution is -2.32. The Morgan fingerprint density at radius 1 is 0.875 bits per heavy atom. The molecule has 0 radical (unpaired) electrons. The van der Waals surface area contributed by atoms with Gasteiger partial charge in [0, 0.05) is 18.5 Å². The minimum atomic E-state index is -0.495. The van der Waals surface area contributed by atoms with Gasteiger partial charge in [0.1, 0.15) is 11.3 Å². The average Bonchev–Trinajstić information content (AvgIpc) is 3.26. The number of carbonyl (C=O) groups excluding carboxylic acids is 2. The predicted molar refractivity (Wildman–Crippen MR) is 122 cm³/mol. The number of amides is 1. The van der Waals surface area contributed by atoms with Crippen LogP contribution >= 0.6 is 0 Å². The van der Waals surface area contributed by atoms with Crippen LogP contribution in [0.5, 0.6) is 5.75 Å². The van der Waals surface area contributed by atoms with E-state index in [1.54, 1.807) is 24.1 Å². The van der Waals surface area contributed by atoms with Crippen molar-refractivity contribution in [3.8, 4) is 5.75 Å². The third-order valence-electron chi connectivity index (χ3n) is 5.98. The summed E-state index contributed by atoms with van der Waals surface area (Å²) in [5.41, 5.74) is 5.18. The molecule has 0 spiro atoms.